The van der Waals surface area contributed by atoms with Gasteiger partial charge < -0.3 is 5.32 Å². The summed E-state index contributed by atoms with van der Waals surface area (Å²) in [5, 5.41) is 3.15. The molecule has 1 N–H and O–H groups in total. The summed E-state index contributed by atoms with van der Waals surface area (Å²) in [5.41, 5.74) is 1.33. The van der Waals surface area contributed by atoms with E-state index in [0.29, 0.717) is 12.1 Å². The second kappa shape index (κ2) is 5.69. The standard InChI is InChI=1S/C14H14F2N2/c1-10(14-4-2-3-7-17-14)18-9-11-5-6-12(15)8-13(11)16/h2-8,10,18H,9H2,1H3. The van der Waals surface area contributed by atoms with Crippen molar-refractivity contribution in [3.63, 3.8) is 0 Å². The number of nitrogens with one attached hydrogen (secondary N) is 1. The molecule has 18 heavy (non-hydrogen) atoms. The summed E-state index contributed by atoms with van der Waals surface area (Å²) >= 11 is 0. The Hall–Kier alpha value is -1.81. The van der Waals surface area contributed by atoms with Crippen molar-refractivity contribution in [3.05, 3.63) is 65.5 Å². The molecule has 1 aromatic carbocycles. The largest absolute Gasteiger partial charge is 0.305 e. The average molecular weight is 248 g/mol. The molecule has 4 heteroatoms. The second-order valence-corrected chi connectivity index (χ2v) is 4.09. The molecule has 1 atom stereocenters. The maximum absolute atomic E-state index is 13.4. The van der Waals surface area contributed by atoms with Crippen LogP contribution in [0, 0.1) is 11.6 Å². The molecule has 0 radical (unpaired) electrons. The number of hydrogen-bond acceptors (Lipinski definition) is 2. The predicted molar refractivity (Wildman–Crippen MR) is 65.8 cm³/mol. The van der Waals surface area contributed by atoms with Gasteiger partial charge in [-0.25, -0.2) is 8.78 Å². The van der Waals surface area contributed by atoms with Gasteiger partial charge in [0, 0.05) is 30.4 Å². The van der Waals surface area contributed by atoms with E-state index in [-0.39, 0.29) is 6.04 Å². The Labute approximate surface area is 105 Å². The normalized spacial score (nSPS) is 12.4. The molecular weight excluding hydrogens is 234 g/mol. The zero-order chi connectivity index (χ0) is 13.0. The van der Waals surface area contributed by atoms with Crippen LogP contribution in [0.5, 0.6) is 0 Å². The molecule has 0 saturated carbocycles. The molecule has 2 rings (SSSR count). The first-order valence-corrected chi connectivity index (χ1v) is 5.75. The number of hydrogen-bond donors (Lipinski definition) is 1. The molecule has 0 aliphatic carbocycles. The molecule has 0 saturated heterocycles. The monoisotopic (exact) mass is 248 g/mol. The molecule has 94 valence electrons. The topological polar surface area (TPSA) is 24.9 Å². The van der Waals surface area contributed by atoms with Gasteiger partial charge in [-0.1, -0.05) is 12.1 Å². The summed E-state index contributed by atoms with van der Waals surface area (Å²) in [4.78, 5) is 4.21. The van der Waals surface area contributed by atoms with Crippen molar-refractivity contribution in [3.8, 4) is 0 Å². The van der Waals surface area contributed by atoms with Gasteiger partial charge in [0.1, 0.15) is 11.6 Å². The van der Waals surface area contributed by atoms with Crippen LogP contribution in [-0.2, 0) is 6.54 Å². The third-order valence-corrected chi connectivity index (χ3v) is 2.75. The molecule has 0 amide bonds. The van der Waals surface area contributed by atoms with Crippen molar-refractivity contribution in [1.82, 2.24) is 10.3 Å². The van der Waals surface area contributed by atoms with Crippen LogP contribution in [0.15, 0.2) is 42.6 Å². The minimum Gasteiger partial charge on any atom is -0.305 e. The molecular formula is C14H14F2N2. The highest BCUT2D eigenvalue weighted by atomic mass is 19.1. The third kappa shape index (κ3) is 3.11. The quantitative estimate of drug-likeness (QED) is 0.898. The zero-order valence-corrected chi connectivity index (χ0v) is 10.0. The highest BCUT2D eigenvalue weighted by Gasteiger charge is 2.08. The zero-order valence-electron chi connectivity index (χ0n) is 10.0. The number of rotatable bonds is 4. The van der Waals surface area contributed by atoms with Gasteiger partial charge in [-0.3, -0.25) is 4.98 Å². The van der Waals surface area contributed by atoms with E-state index in [2.05, 4.69) is 10.3 Å². The fourth-order valence-electron chi connectivity index (χ4n) is 1.66. The van der Waals surface area contributed by atoms with Crippen LogP contribution in [0.25, 0.3) is 0 Å². The maximum atomic E-state index is 13.4. The highest BCUT2D eigenvalue weighted by Crippen LogP contribution is 2.12. The molecule has 0 aliphatic heterocycles. The van der Waals surface area contributed by atoms with Crippen LogP contribution in [0.4, 0.5) is 8.78 Å². The minimum atomic E-state index is -0.561. The van der Waals surface area contributed by atoms with Crippen LogP contribution in [0.2, 0.25) is 0 Å². The van der Waals surface area contributed by atoms with Crippen LogP contribution in [0.1, 0.15) is 24.2 Å². The maximum Gasteiger partial charge on any atom is 0.130 e. The van der Waals surface area contributed by atoms with Crippen molar-refractivity contribution in [2.45, 2.75) is 19.5 Å². The minimum absolute atomic E-state index is 0.00986. The first-order chi connectivity index (χ1) is 8.66. The molecule has 0 fully saturated rings. The Bertz CT molecular complexity index is 514. The molecule has 0 spiro atoms. The summed E-state index contributed by atoms with van der Waals surface area (Å²) in [6.45, 7) is 2.29. The number of benzene rings is 1. The second-order valence-electron chi connectivity index (χ2n) is 4.09. The van der Waals surface area contributed by atoms with Crippen molar-refractivity contribution < 1.29 is 8.78 Å². The summed E-state index contributed by atoms with van der Waals surface area (Å²) in [5.74, 6) is -1.09. The smallest absolute Gasteiger partial charge is 0.130 e. The lowest BCUT2D eigenvalue weighted by molar-refractivity contribution is 0.527. The summed E-state index contributed by atoms with van der Waals surface area (Å²) in [7, 11) is 0. The van der Waals surface area contributed by atoms with E-state index < -0.39 is 11.6 Å². The van der Waals surface area contributed by atoms with Crippen molar-refractivity contribution in [2.24, 2.45) is 0 Å². The van der Waals surface area contributed by atoms with Gasteiger partial charge in [0.05, 0.1) is 5.69 Å². The molecule has 2 aromatic rings. The van der Waals surface area contributed by atoms with Crippen LogP contribution >= 0.6 is 0 Å². The number of halogens is 2. The van der Waals surface area contributed by atoms with Crippen LogP contribution < -0.4 is 5.32 Å². The average Bonchev–Trinajstić information content (AvgIpc) is 2.38. The lowest BCUT2D eigenvalue weighted by Crippen LogP contribution is -2.19. The highest BCUT2D eigenvalue weighted by molar-refractivity contribution is 5.18. The van der Waals surface area contributed by atoms with Crippen LogP contribution in [-0.4, -0.2) is 4.98 Å². The van der Waals surface area contributed by atoms with Crippen molar-refractivity contribution in [2.75, 3.05) is 0 Å². The Kier molecular flexibility index (Phi) is 3.99. The van der Waals surface area contributed by atoms with Gasteiger partial charge >= 0.3 is 0 Å². The molecule has 0 aliphatic rings. The predicted octanol–water partition coefficient (Wildman–Crippen LogP) is 3.21. The summed E-state index contributed by atoms with van der Waals surface area (Å²) in [6, 6.07) is 9.25. The third-order valence-electron chi connectivity index (χ3n) is 2.75. The number of pyridine rings is 1. The Morgan fingerprint density at radius 3 is 2.72 bits per heavy atom. The summed E-state index contributed by atoms with van der Waals surface area (Å²) in [6.07, 6.45) is 1.71. The molecule has 1 heterocycles. The molecule has 0 bridgehead atoms. The van der Waals surface area contributed by atoms with Crippen molar-refractivity contribution >= 4 is 0 Å². The van der Waals surface area contributed by atoms with Gasteiger partial charge in [-0.15, -0.1) is 0 Å². The van der Waals surface area contributed by atoms with Crippen LogP contribution in [0.3, 0.4) is 0 Å². The Balaban J connectivity index is 1.99. The number of nitrogens with zero attached hydrogens (tertiary/aromatic N) is 1. The Morgan fingerprint density at radius 2 is 2.06 bits per heavy atom. The molecule has 2 nitrogen and oxygen atoms in total. The van der Waals surface area contributed by atoms with Gasteiger partial charge in [-0.2, -0.15) is 0 Å². The fraction of sp³-hybridized carbons (Fsp3) is 0.214. The van der Waals surface area contributed by atoms with Gasteiger partial charge in [0.25, 0.3) is 0 Å². The van der Waals surface area contributed by atoms with E-state index in [1.165, 1.54) is 12.1 Å². The van der Waals surface area contributed by atoms with E-state index >= 15 is 0 Å². The fourth-order valence-corrected chi connectivity index (χ4v) is 1.66. The summed E-state index contributed by atoms with van der Waals surface area (Å²) < 4.78 is 26.1. The van der Waals surface area contributed by atoms with Gasteiger partial charge in [0.15, 0.2) is 0 Å². The first kappa shape index (κ1) is 12.6. The SMILES string of the molecule is CC(NCc1ccc(F)cc1F)c1ccccn1. The van der Waals surface area contributed by atoms with E-state index in [4.69, 9.17) is 0 Å². The van der Waals surface area contributed by atoms with E-state index in [0.717, 1.165) is 11.8 Å². The van der Waals surface area contributed by atoms with Crippen molar-refractivity contribution in [1.29, 1.82) is 0 Å². The van der Waals surface area contributed by atoms with E-state index in [1.54, 1.807) is 6.20 Å². The molecule has 1 unspecified atom stereocenters. The van der Waals surface area contributed by atoms with Gasteiger partial charge in [-0.05, 0) is 25.1 Å². The van der Waals surface area contributed by atoms with E-state index in [9.17, 15) is 8.78 Å². The van der Waals surface area contributed by atoms with Gasteiger partial charge in [0.2, 0.25) is 0 Å². The lowest BCUT2D eigenvalue weighted by atomic mass is 10.1. The van der Waals surface area contributed by atoms with E-state index in [1.807, 2.05) is 25.1 Å². The number of aromatic nitrogens is 1. The lowest BCUT2D eigenvalue weighted by Gasteiger charge is -2.13. The Morgan fingerprint density at radius 1 is 1.22 bits per heavy atom. The molecule has 1 aromatic heterocycles. The first-order valence-electron chi connectivity index (χ1n) is 5.75.